The second-order valence-corrected chi connectivity index (χ2v) is 33.7. The molecule has 0 radical (unpaired) electrons. The van der Waals surface area contributed by atoms with Crippen LogP contribution in [0.5, 0.6) is 0 Å². The highest BCUT2D eigenvalue weighted by Crippen LogP contribution is 2.76. The third kappa shape index (κ3) is 14.5. The van der Waals surface area contributed by atoms with Crippen LogP contribution in [0.4, 0.5) is 0 Å². The second kappa shape index (κ2) is 31.8. The Kier molecular flexibility index (Phi) is 25.0. The Morgan fingerprint density at radius 2 is 1.07 bits per heavy atom. The maximum Gasteiger partial charge on any atom is 0.317 e. The zero-order valence-electron chi connectivity index (χ0n) is 60.8. The molecule has 0 aromatic carbocycles. The molecule has 37 nitrogen and oxygen atoms in total. The summed E-state index contributed by atoms with van der Waals surface area (Å²) < 4.78 is 82.0. The Hall–Kier alpha value is -2.19. The van der Waals surface area contributed by atoms with Crippen molar-refractivity contribution in [3.63, 3.8) is 0 Å². The lowest BCUT2D eigenvalue weighted by Crippen LogP contribution is -2.71. The van der Waals surface area contributed by atoms with Crippen LogP contribution < -0.4 is 0 Å². The highest BCUT2D eigenvalue weighted by molar-refractivity contribution is 5.80. The number of rotatable bonds is 20. The average Bonchev–Trinajstić information content (AvgIpc) is 0.863. The smallest absolute Gasteiger partial charge is 0.317 e. The van der Waals surface area contributed by atoms with Gasteiger partial charge in [0.15, 0.2) is 43.8 Å². The fourth-order valence-electron chi connectivity index (χ4n) is 20.5. The molecule has 37 heteroatoms. The molecule has 42 atom stereocenters. The topological polar surface area (TPSA) is 591 Å². The summed E-state index contributed by atoms with van der Waals surface area (Å²) in [7, 11) is 0. The van der Waals surface area contributed by atoms with Gasteiger partial charge in [0.05, 0.1) is 77.3 Å². The Labute approximate surface area is 616 Å². The van der Waals surface area contributed by atoms with Gasteiger partial charge < -0.3 is 179 Å². The Morgan fingerprint density at radius 1 is 0.514 bits per heavy atom. The number of aliphatic hydroxyl groups excluding tert-OH is 21. The highest BCUT2D eigenvalue weighted by Gasteiger charge is 2.74. The van der Waals surface area contributed by atoms with Gasteiger partial charge in [-0.3, -0.25) is 4.79 Å². The van der Waals surface area contributed by atoms with Crippen LogP contribution >= 0.6 is 0 Å². The van der Waals surface area contributed by atoms with Gasteiger partial charge >= 0.3 is 5.97 Å². The van der Waals surface area contributed by atoms with Gasteiger partial charge in [-0.1, -0.05) is 53.2 Å². The van der Waals surface area contributed by atoms with Gasteiger partial charge in [0.1, 0.15) is 139 Å². The van der Waals surface area contributed by atoms with Crippen LogP contribution in [0.15, 0.2) is 11.6 Å². The van der Waals surface area contributed by atoms with E-state index in [0.29, 0.717) is 32.1 Å². The maximum atomic E-state index is 15.6. The normalized spacial score (nSPS) is 54.9. The first kappa shape index (κ1) is 84.2. The van der Waals surface area contributed by atoms with Crippen molar-refractivity contribution in [2.75, 3.05) is 52.9 Å². The SMILES string of the molecule is CCC1(CO)C(OC2OC(COC3OC(COC4OC(CO)C(O)C(O)C4O)C(O)C(O)C3O)C(O)C(O)C2O)C(O)CC2(C)C1CCC1(C)C2CC=C2C3CC(C)(C)CCC3(C(=O)OC3OCC(O)C(O)C3OC3OC(C)C(OC4OCC(O)C(OC5OCC(O)(CO)C5O)C4O)C(O)C3O)C(O)CC21C. The molecule has 4 saturated carbocycles. The van der Waals surface area contributed by atoms with Gasteiger partial charge in [0, 0.05) is 5.41 Å². The van der Waals surface area contributed by atoms with Crippen molar-refractivity contribution in [1.29, 1.82) is 0 Å². The quantitative estimate of drug-likeness (QED) is 0.0306. The first-order chi connectivity index (χ1) is 50.3. The molecule has 107 heavy (non-hydrogen) atoms. The molecule has 7 saturated heterocycles. The standard InChI is InChI=1S/C70H114O37/c1-8-68(23-72)36-11-12-66(6)35(65(36,5)16-29(74)55(68)106-60-48(88)44(84)41(81)34(102-60)22-97-57-47(87)43(83)40(80)33(101-57)21-96-56-46(86)42(82)39(79)32(18-71)100-56)10-9-27-28-15-64(3,4)13-14-70(28,37(77)17-67(27,66)7)63(92)107-61-53(38(78)30(75)19-95-61)105-59-49(89)45(85)51(26(2)99-59)103-58-50(90)52(31(76)20-94-58)104-62-54(91)69(93,24-73)25-98-62/h9,26,28-62,71-91,93H,8,10-25H2,1-7H3. The highest BCUT2D eigenvalue weighted by atomic mass is 16.8. The van der Waals surface area contributed by atoms with Crippen molar-refractivity contribution in [3.05, 3.63) is 11.6 Å². The summed E-state index contributed by atoms with van der Waals surface area (Å²) in [5, 5.41) is 244. The zero-order chi connectivity index (χ0) is 78.1. The van der Waals surface area contributed by atoms with Crippen LogP contribution in [-0.4, -0.2) is 380 Å². The van der Waals surface area contributed by atoms with E-state index in [-0.39, 0.29) is 37.0 Å². The molecule has 7 heterocycles. The lowest BCUT2D eigenvalue weighted by Gasteiger charge is -2.72. The zero-order valence-corrected chi connectivity index (χ0v) is 60.8. The molecule has 22 N–H and O–H groups in total. The lowest BCUT2D eigenvalue weighted by molar-refractivity contribution is -0.372. The molecule has 11 fully saturated rings. The molecular weight excluding hydrogens is 1430 g/mol. The second-order valence-electron chi connectivity index (χ2n) is 33.7. The van der Waals surface area contributed by atoms with Crippen molar-refractivity contribution >= 4 is 5.97 Å². The van der Waals surface area contributed by atoms with Gasteiger partial charge in [-0.05, 0) is 104 Å². The third-order valence-electron chi connectivity index (χ3n) is 27.2. The minimum Gasteiger partial charge on any atom is -0.432 e. The minimum atomic E-state index is -2.10. The van der Waals surface area contributed by atoms with E-state index in [0.717, 1.165) is 5.57 Å². The van der Waals surface area contributed by atoms with E-state index in [9.17, 15) is 112 Å². The van der Waals surface area contributed by atoms with Crippen molar-refractivity contribution in [3.8, 4) is 0 Å². The predicted molar refractivity (Wildman–Crippen MR) is 350 cm³/mol. The number of carbonyl (C=O) groups excluding carboxylic acids is 1. The Bertz CT molecular complexity index is 3040. The fourth-order valence-corrected chi connectivity index (χ4v) is 20.5. The molecule has 42 unspecified atom stereocenters. The fraction of sp³-hybridized carbons (Fsp3) is 0.957. The van der Waals surface area contributed by atoms with Crippen molar-refractivity contribution in [1.82, 2.24) is 0 Å². The van der Waals surface area contributed by atoms with Crippen molar-refractivity contribution in [2.24, 2.45) is 50.2 Å². The largest absolute Gasteiger partial charge is 0.432 e. The van der Waals surface area contributed by atoms with Crippen LogP contribution in [0.25, 0.3) is 0 Å². The van der Waals surface area contributed by atoms with Gasteiger partial charge in [-0.25, -0.2) is 0 Å². The van der Waals surface area contributed by atoms with Crippen LogP contribution in [0, 0.1) is 50.2 Å². The van der Waals surface area contributed by atoms with E-state index in [4.69, 9.17) is 66.3 Å². The third-order valence-corrected chi connectivity index (χ3v) is 27.2. The number of carbonyl (C=O) groups is 1. The van der Waals surface area contributed by atoms with Crippen LogP contribution in [0.3, 0.4) is 0 Å². The number of aliphatic hydroxyl groups is 22. The number of hydrogen-bond acceptors (Lipinski definition) is 37. The molecule has 5 aliphatic carbocycles. The average molecular weight is 1550 g/mol. The number of esters is 1. The number of fused-ring (bicyclic) bond motifs is 7. The lowest BCUT2D eigenvalue weighted by atomic mass is 9.32. The van der Waals surface area contributed by atoms with Crippen molar-refractivity contribution in [2.45, 2.75) is 315 Å². The summed E-state index contributed by atoms with van der Waals surface area (Å²) in [4.78, 5) is 15.6. The van der Waals surface area contributed by atoms with Crippen LogP contribution in [0.1, 0.15) is 106 Å². The van der Waals surface area contributed by atoms with Gasteiger partial charge in [0.2, 0.25) is 6.29 Å². The van der Waals surface area contributed by atoms with Gasteiger partial charge in [0.25, 0.3) is 0 Å². The first-order valence-electron chi connectivity index (χ1n) is 37.3. The van der Waals surface area contributed by atoms with E-state index in [1.165, 1.54) is 6.92 Å². The monoisotopic (exact) mass is 1550 g/mol. The van der Waals surface area contributed by atoms with Crippen molar-refractivity contribution < 1.29 is 183 Å². The summed E-state index contributed by atoms with van der Waals surface area (Å²) in [6.45, 7) is 8.54. The van der Waals surface area contributed by atoms with E-state index in [1.54, 1.807) is 0 Å². The molecule has 0 aromatic rings. The predicted octanol–water partition coefficient (Wildman–Crippen LogP) is -8.31. The summed E-state index contributed by atoms with van der Waals surface area (Å²) in [5.74, 6) is -2.21. The molecule has 12 aliphatic rings. The molecule has 0 aromatic heterocycles. The number of hydrogen-bond donors (Lipinski definition) is 22. The number of ether oxygens (including phenoxy) is 14. The maximum absolute atomic E-state index is 15.6. The summed E-state index contributed by atoms with van der Waals surface area (Å²) in [6, 6.07) is 0. The van der Waals surface area contributed by atoms with E-state index in [1.807, 2.05) is 6.92 Å². The van der Waals surface area contributed by atoms with Crippen LogP contribution in [-0.2, 0) is 71.1 Å². The van der Waals surface area contributed by atoms with E-state index < -0.39 is 306 Å². The molecule has 0 amide bonds. The summed E-state index contributed by atoms with van der Waals surface area (Å²) >= 11 is 0. The number of allylic oxidation sites excluding steroid dienone is 2. The molecule has 12 rings (SSSR count). The van der Waals surface area contributed by atoms with E-state index >= 15 is 4.79 Å². The van der Waals surface area contributed by atoms with Gasteiger partial charge in [-0.15, -0.1) is 0 Å². The first-order valence-corrected chi connectivity index (χ1v) is 37.3. The molecular formula is C70H114O37. The Balaban J connectivity index is 0.725. The molecule has 616 valence electrons. The van der Waals surface area contributed by atoms with Gasteiger partial charge in [-0.2, -0.15) is 0 Å². The Morgan fingerprint density at radius 3 is 1.66 bits per heavy atom. The molecule has 7 aliphatic heterocycles. The molecule has 0 bridgehead atoms. The summed E-state index contributed by atoms with van der Waals surface area (Å²) in [5.41, 5.74) is -6.77. The minimum absolute atomic E-state index is 0.0504. The van der Waals surface area contributed by atoms with E-state index in [2.05, 4.69) is 40.7 Å². The van der Waals surface area contributed by atoms with Crippen LogP contribution in [0.2, 0.25) is 0 Å². The summed E-state index contributed by atoms with van der Waals surface area (Å²) in [6.07, 6.45) is -51.4. The molecule has 0 spiro atoms.